The lowest BCUT2D eigenvalue weighted by atomic mass is 10.1. The van der Waals surface area contributed by atoms with Crippen molar-refractivity contribution in [3.8, 4) is 0 Å². The molecule has 0 aliphatic carbocycles. The maximum Gasteiger partial charge on any atom is 0.255 e. The SMILES string of the molecule is CC(Nc1cc(C(=O)Nc2ccc(F)c(Cl)c2)ccn1)c1ccccc1. The number of nitrogens with zero attached hydrogens (tertiary/aromatic N) is 1. The van der Waals surface area contributed by atoms with Crippen LogP contribution >= 0.6 is 11.6 Å². The molecule has 2 aromatic carbocycles. The molecule has 3 aromatic rings. The maximum absolute atomic E-state index is 13.2. The minimum absolute atomic E-state index is 0.0397. The lowest BCUT2D eigenvalue weighted by Gasteiger charge is -2.15. The van der Waals surface area contributed by atoms with Crippen LogP contribution in [0.3, 0.4) is 0 Å². The van der Waals surface area contributed by atoms with Crippen LogP contribution in [-0.2, 0) is 0 Å². The van der Waals surface area contributed by atoms with E-state index in [0.29, 0.717) is 17.1 Å². The van der Waals surface area contributed by atoms with Crippen molar-refractivity contribution < 1.29 is 9.18 Å². The maximum atomic E-state index is 13.2. The zero-order chi connectivity index (χ0) is 18.5. The van der Waals surface area contributed by atoms with Crippen molar-refractivity contribution in [3.05, 3.63) is 88.8 Å². The Bertz CT molecular complexity index is 918. The number of hydrogen-bond acceptors (Lipinski definition) is 3. The molecule has 0 aliphatic heterocycles. The van der Waals surface area contributed by atoms with E-state index in [2.05, 4.69) is 15.6 Å². The average Bonchev–Trinajstić information content (AvgIpc) is 2.65. The fourth-order valence-electron chi connectivity index (χ4n) is 2.47. The van der Waals surface area contributed by atoms with Gasteiger partial charge in [0, 0.05) is 23.5 Å². The molecule has 0 saturated heterocycles. The van der Waals surface area contributed by atoms with Crippen LogP contribution in [-0.4, -0.2) is 10.9 Å². The number of anilines is 2. The normalized spacial score (nSPS) is 11.7. The standard InChI is InChI=1S/C20H17ClFN3O/c1-13(14-5-3-2-4-6-14)24-19-11-15(9-10-23-19)20(26)25-16-7-8-18(22)17(21)12-16/h2-13H,1H3,(H,23,24)(H,25,26). The van der Waals surface area contributed by atoms with Gasteiger partial charge in [-0.1, -0.05) is 41.9 Å². The van der Waals surface area contributed by atoms with Crippen molar-refractivity contribution in [3.63, 3.8) is 0 Å². The van der Waals surface area contributed by atoms with Crippen LogP contribution < -0.4 is 10.6 Å². The molecule has 1 aromatic heterocycles. The first-order valence-electron chi connectivity index (χ1n) is 8.07. The molecule has 4 nitrogen and oxygen atoms in total. The highest BCUT2D eigenvalue weighted by Crippen LogP contribution is 2.21. The van der Waals surface area contributed by atoms with E-state index in [1.54, 1.807) is 18.3 Å². The molecule has 6 heteroatoms. The molecule has 3 rings (SSSR count). The van der Waals surface area contributed by atoms with Crippen molar-refractivity contribution in [1.29, 1.82) is 0 Å². The van der Waals surface area contributed by atoms with Crippen LogP contribution in [0.5, 0.6) is 0 Å². The van der Waals surface area contributed by atoms with Crippen LogP contribution in [0.4, 0.5) is 15.9 Å². The Labute approximate surface area is 156 Å². The lowest BCUT2D eigenvalue weighted by molar-refractivity contribution is 0.102. The third-order valence-corrected chi connectivity index (χ3v) is 4.15. The number of amides is 1. The topological polar surface area (TPSA) is 54.0 Å². The van der Waals surface area contributed by atoms with E-state index >= 15 is 0 Å². The summed E-state index contributed by atoms with van der Waals surface area (Å²) in [5.41, 5.74) is 1.97. The van der Waals surface area contributed by atoms with Gasteiger partial charge in [-0.25, -0.2) is 9.37 Å². The Hall–Kier alpha value is -2.92. The zero-order valence-electron chi connectivity index (χ0n) is 14.0. The van der Waals surface area contributed by atoms with E-state index in [1.807, 2.05) is 37.3 Å². The number of halogens is 2. The first kappa shape index (κ1) is 17.9. The molecule has 26 heavy (non-hydrogen) atoms. The predicted molar refractivity (Wildman–Crippen MR) is 102 cm³/mol. The summed E-state index contributed by atoms with van der Waals surface area (Å²) >= 11 is 5.74. The highest BCUT2D eigenvalue weighted by molar-refractivity contribution is 6.31. The van der Waals surface area contributed by atoms with Gasteiger partial charge < -0.3 is 10.6 Å². The second kappa shape index (κ2) is 7.97. The molecule has 1 amide bonds. The molecular weight excluding hydrogens is 353 g/mol. The molecule has 1 heterocycles. The van der Waals surface area contributed by atoms with Crippen molar-refractivity contribution in [2.45, 2.75) is 13.0 Å². The van der Waals surface area contributed by atoms with E-state index in [1.165, 1.54) is 18.2 Å². The van der Waals surface area contributed by atoms with Gasteiger partial charge in [0.1, 0.15) is 11.6 Å². The van der Waals surface area contributed by atoms with Crippen molar-refractivity contribution in [2.24, 2.45) is 0 Å². The molecule has 0 saturated carbocycles. The fraction of sp³-hybridized carbons (Fsp3) is 0.100. The van der Waals surface area contributed by atoms with Gasteiger partial charge in [0.25, 0.3) is 5.91 Å². The number of carbonyl (C=O) groups is 1. The summed E-state index contributed by atoms with van der Waals surface area (Å²) in [6.45, 7) is 2.02. The summed E-state index contributed by atoms with van der Waals surface area (Å²) in [5.74, 6) is -0.272. The third-order valence-electron chi connectivity index (χ3n) is 3.86. The van der Waals surface area contributed by atoms with Crippen molar-refractivity contribution in [1.82, 2.24) is 4.98 Å². The van der Waals surface area contributed by atoms with Gasteiger partial charge in [-0.15, -0.1) is 0 Å². The van der Waals surface area contributed by atoms with Crippen LogP contribution in [0.2, 0.25) is 5.02 Å². The van der Waals surface area contributed by atoms with Gasteiger partial charge in [-0.2, -0.15) is 0 Å². The second-order valence-electron chi connectivity index (χ2n) is 5.79. The summed E-state index contributed by atoms with van der Waals surface area (Å²) in [6.07, 6.45) is 1.56. The van der Waals surface area contributed by atoms with Gasteiger partial charge in [-0.05, 0) is 42.8 Å². The zero-order valence-corrected chi connectivity index (χ0v) is 14.8. The Morgan fingerprint density at radius 3 is 2.62 bits per heavy atom. The van der Waals surface area contributed by atoms with Crippen molar-refractivity contribution >= 4 is 29.0 Å². The van der Waals surface area contributed by atoms with Crippen LogP contribution in [0, 0.1) is 5.82 Å². The average molecular weight is 370 g/mol. The monoisotopic (exact) mass is 369 g/mol. The van der Waals surface area contributed by atoms with Gasteiger partial charge in [0.05, 0.1) is 5.02 Å². The minimum Gasteiger partial charge on any atom is -0.364 e. The summed E-state index contributed by atoms with van der Waals surface area (Å²) in [6, 6.07) is 17.3. The van der Waals surface area contributed by atoms with E-state index < -0.39 is 5.82 Å². The molecular formula is C20H17ClFN3O. The predicted octanol–water partition coefficient (Wildman–Crippen LogP) is 5.30. The second-order valence-corrected chi connectivity index (χ2v) is 6.20. The van der Waals surface area contributed by atoms with E-state index in [4.69, 9.17) is 11.6 Å². The van der Waals surface area contributed by atoms with Gasteiger partial charge in [-0.3, -0.25) is 4.79 Å². The molecule has 0 bridgehead atoms. The summed E-state index contributed by atoms with van der Waals surface area (Å²) < 4.78 is 13.2. The first-order valence-corrected chi connectivity index (χ1v) is 8.44. The smallest absolute Gasteiger partial charge is 0.255 e. The molecule has 2 N–H and O–H groups in total. The van der Waals surface area contributed by atoms with E-state index in [9.17, 15) is 9.18 Å². The quantitative estimate of drug-likeness (QED) is 0.641. The van der Waals surface area contributed by atoms with Gasteiger partial charge >= 0.3 is 0 Å². The molecule has 1 unspecified atom stereocenters. The van der Waals surface area contributed by atoms with E-state index in [0.717, 1.165) is 5.56 Å². The number of pyridine rings is 1. The number of nitrogens with one attached hydrogen (secondary N) is 2. The fourth-order valence-corrected chi connectivity index (χ4v) is 2.66. The molecule has 0 aliphatic rings. The van der Waals surface area contributed by atoms with Crippen LogP contribution in [0.25, 0.3) is 0 Å². The Morgan fingerprint density at radius 2 is 1.88 bits per heavy atom. The Kier molecular flexibility index (Phi) is 5.49. The Morgan fingerprint density at radius 1 is 1.12 bits per heavy atom. The largest absolute Gasteiger partial charge is 0.364 e. The summed E-state index contributed by atoms with van der Waals surface area (Å²) in [7, 11) is 0. The molecule has 1 atom stereocenters. The number of rotatable bonds is 5. The number of benzene rings is 2. The number of aromatic nitrogens is 1. The van der Waals surface area contributed by atoms with Gasteiger partial charge in [0.2, 0.25) is 0 Å². The highest BCUT2D eigenvalue weighted by atomic mass is 35.5. The minimum atomic E-state index is -0.532. The molecule has 132 valence electrons. The van der Waals surface area contributed by atoms with E-state index in [-0.39, 0.29) is 17.0 Å². The van der Waals surface area contributed by atoms with Gasteiger partial charge in [0.15, 0.2) is 0 Å². The molecule has 0 radical (unpaired) electrons. The number of hydrogen-bond donors (Lipinski definition) is 2. The summed E-state index contributed by atoms with van der Waals surface area (Å²) in [4.78, 5) is 16.7. The summed E-state index contributed by atoms with van der Waals surface area (Å²) in [5, 5.41) is 5.92. The highest BCUT2D eigenvalue weighted by Gasteiger charge is 2.11. The molecule has 0 spiro atoms. The van der Waals surface area contributed by atoms with Crippen molar-refractivity contribution in [2.75, 3.05) is 10.6 Å². The van der Waals surface area contributed by atoms with Crippen LogP contribution in [0.15, 0.2) is 66.9 Å². The van der Waals surface area contributed by atoms with Crippen LogP contribution in [0.1, 0.15) is 28.9 Å². The third kappa shape index (κ3) is 4.37. The molecule has 0 fully saturated rings. The number of carbonyl (C=O) groups excluding carboxylic acids is 1. The lowest BCUT2D eigenvalue weighted by Crippen LogP contribution is -2.13. The first-order chi connectivity index (χ1) is 12.5. The Balaban J connectivity index is 1.72.